The molecule has 0 radical (unpaired) electrons. The van der Waals surface area contributed by atoms with E-state index < -0.39 is 29.3 Å². The van der Waals surface area contributed by atoms with Crippen molar-refractivity contribution in [3.05, 3.63) is 0 Å². The van der Waals surface area contributed by atoms with Crippen molar-refractivity contribution in [2.75, 3.05) is 13.1 Å². The van der Waals surface area contributed by atoms with E-state index in [9.17, 15) is 9.59 Å². The number of hydrogen-bond acceptors (Lipinski definition) is 5. The van der Waals surface area contributed by atoms with Crippen molar-refractivity contribution in [3.8, 4) is 0 Å². The van der Waals surface area contributed by atoms with Crippen LogP contribution in [0.15, 0.2) is 0 Å². The van der Waals surface area contributed by atoms with Crippen molar-refractivity contribution in [2.45, 2.75) is 65.2 Å². The first-order valence-electron chi connectivity index (χ1n) is 7.35. The molecule has 0 aliphatic carbocycles. The summed E-state index contributed by atoms with van der Waals surface area (Å²) in [5.41, 5.74) is 4.50. The Hall–Kier alpha value is -1.30. The van der Waals surface area contributed by atoms with E-state index in [-0.39, 0.29) is 5.92 Å². The van der Waals surface area contributed by atoms with Gasteiger partial charge < -0.3 is 15.2 Å². The first-order valence-corrected chi connectivity index (χ1v) is 7.35. The lowest BCUT2D eigenvalue weighted by Crippen LogP contribution is -2.45. The minimum Gasteiger partial charge on any atom is -0.458 e. The Kier molecular flexibility index (Phi) is 5.25. The number of nitrogens with zero attached hydrogens (tertiary/aromatic N) is 1. The highest BCUT2D eigenvalue weighted by molar-refractivity contribution is 5.82. The van der Waals surface area contributed by atoms with Crippen LogP contribution in [0.4, 0.5) is 4.79 Å². The zero-order valence-corrected chi connectivity index (χ0v) is 13.9. The zero-order valence-electron chi connectivity index (χ0n) is 13.9. The number of carbonyl (C=O) groups excluding carboxylic acids is 2. The topological polar surface area (TPSA) is 81.9 Å². The summed E-state index contributed by atoms with van der Waals surface area (Å²) in [6.07, 6.45) is 0.0271. The summed E-state index contributed by atoms with van der Waals surface area (Å²) in [5, 5.41) is 0. The molecule has 0 saturated carbocycles. The van der Waals surface area contributed by atoms with Gasteiger partial charge in [-0.3, -0.25) is 4.90 Å². The average Bonchev–Trinajstić information content (AvgIpc) is 2.68. The first-order chi connectivity index (χ1) is 9.43. The van der Waals surface area contributed by atoms with Crippen molar-refractivity contribution < 1.29 is 19.1 Å². The lowest BCUT2D eigenvalue weighted by atomic mass is 10.1. The smallest absolute Gasteiger partial charge is 0.411 e. The first kappa shape index (κ1) is 17.8. The van der Waals surface area contributed by atoms with Gasteiger partial charge in [-0.15, -0.1) is 0 Å². The monoisotopic (exact) mass is 300 g/mol. The SMILES string of the molecule is CC(C)(C)OC(=O)[C@H]1C[C@@H](CN)CN1C(=O)OC(C)(C)C. The van der Waals surface area contributed by atoms with Gasteiger partial charge in [0.15, 0.2) is 0 Å². The average molecular weight is 300 g/mol. The molecule has 0 spiro atoms. The summed E-state index contributed by atoms with van der Waals surface area (Å²) >= 11 is 0. The van der Waals surface area contributed by atoms with Crippen molar-refractivity contribution >= 4 is 12.1 Å². The maximum Gasteiger partial charge on any atom is 0.411 e. The molecule has 1 amide bonds. The fourth-order valence-electron chi connectivity index (χ4n) is 2.21. The van der Waals surface area contributed by atoms with Crippen LogP contribution in [0, 0.1) is 5.92 Å². The lowest BCUT2D eigenvalue weighted by molar-refractivity contribution is -0.160. The van der Waals surface area contributed by atoms with E-state index in [0.29, 0.717) is 19.5 Å². The third-order valence-corrected chi connectivity index (χ3v) is 3.03. The Morgan fingerprint density at radius 2 is 1.62 bits per heavy atom. The van der Waals surface area contributed by atoms with Crippen LogP contribution >= 0.6 is 0 Å². The van der Waals surface area contributed by atoms with Gasteiger partial charge in [-0.05, 0) is 60.4 Å². The molecular weight excluding hydrogens is 272 g/mol. The third-order valence-electron chi connectivity index (χ3n) is 3.03. The molecule has 1 saturated heterocycles. The fourth-order valence-corrected chi connectivity index (χ4v) is 2.21. The predicted octanol–water partition coefficient (Wildman–Crippen LogP) is 1.91. The van der Waals surface area contributed by atoms with Crippen LogP contribution in [0.1, 0.15) is 48.0 Å². The second kappa shape index (κ2) is 6.22. The van der Waals surface area contributed by atoms with E-state index >= 15 is 0 Å². The molecule has 122 valence electrons. The molecule has 0 bridgehead atoms. The van der Waals surface area contributed by atoms with Crippen molar-refractivity contribution in [1.82, 2.24) is 4.90 Å². The summed E-state index contributed by atoms with van der Waals surface area (Å²) in [6, 6.07) is -0.618. The van der Waals surface area contributed by atoms with Gasteiger partial charge in [-0.2, -0.15) is 0 Å². The molecule has 6 nitrogen and oxygen atoms in total. The molecule has 0 aromatic heterocycles. The molecule has 21 heavy (non-hydrogen) atoms. The van der Waals surface area contributed by atoms with Gasteiger partial charge >= 0.3 is 12.1 Å². The lowest BCUT2D eigenvalue weighted by Gasteiger charge is -2.29. The van der Waals surface area contributed by atoms with E-state index in [1.165, 1.54) is 4.90 Å². The number of rotatable bonds is 2. The maximum atomic E-state index is 12.3. The van der Waals surface area contributed by atoms with Crippen LogP contribution in [0.3, 0.4) is 0 Å². The summed E-state index contributed by atoms with van der Waals surface area (Å²) < 4.78 is 10.8. The molecular formula is C15H28N2O4. The second-order valence-corrected chi connectivity index (χ2v) is 7.52. The highest BCUT2D eigenvalue weighted by atomic mass is 16.6. The molecule has 0 unspecified atom stereocenters. The van der Waals surface area contributed by atoms with Crippen LogP contribution in [0.2, 0.25) is 0 Å². The van der Waals surface area contributed by atoms with Crippen molar-refractivity contribution in [2.24, 2.45) is 11.7 Å². The zero-order chi connectivity index (χ0) is 16.4. The van der Waals surface area contributed by atoms with E-state index in [1.807, 2.05) is 0 Å². The molecule has 1 heterocycles. The highest BCUT2D eigenvalue weighted by Gasteiger charge is 2.42. The van der Waals surface area contributed by atoms with E-state index in [2.05, 4.69) is 0 Å². The highest BCUT2D eigenvalue weighted by Crippen LogP contribution is 2.27. The largest absolute Gasteiger partial charge is 0.458 e. The third kappa shape index (κ3) is 5.53. The van der Waals surface area contributed by atoms with Crippen LogP contribution in [0.25, 0.3) is 0 Å². The van der Waals surface area contributed by atoms with Gasteiger partial charge in [0.25, 0.3) is 0 Å². The number of carbonyl (C=O) groups is 2. The minimum atomic E-state index is -0.618. The molecule has 6 heteroatoms. The maximum absolute atomic E-state index is 12.3. The number of likely N-dealkylation sites (tertiary alicyclic amines) is 1. The number of esters is 1. The summed E-state index contributed by atoms with van der Waals surface area (Å²) in [5.74, 6) is -0.306. The van der Waals surface area contributed by atoms with E-state index in [1.54, 1.807) is 41.5 Å². The molecule has 1 rings (SSSR count). The predicted molar refractivity (Wildman–Crippen MR) is 79.7 cm³/mol. The molecule has 0 aromatic carbocycles. The standard InChI is InChI=1S/C15H28N2O4/c1-14(2,3)20-12(18)11-7-10(8-16)9-17(11)13(19)21-15(4,5)6/h10-11H,7-9,16H2,1-6H3/t10-,11+/m0/s1. The molecule has 1 aliphatic heterocycles. The second-order valence-electron chi connectivity index (χ2n) is 7.52. The van der Waals surface area contributed by atoms with Gasteiger partial charge in [0.2, 0.25) is 0 Å². The molecule has 1 aliphatic rings. The Morgan fingerprint density at radius 1 is 1.10 bits per heavy atom. The minimum absolute atomic E-state index is 0.0926. The van der Waals surface area contributed by atoms with Gasteiger partial charge in [0.05, 0.1) is 0 Å². The molecule has 2 atom stereocenters. The summed E-state index contributed by atoms with van der Waals surface area (Å²) in [7, 11) is 0. The van der Waals surface area contributed by atoms with Crippen LogP contribution in [0.5, 0.6) is 0 Å². The summed E-state index contributed by atoms with van der Waals surface area (Å²) in [6.45, 7) is 11.7. The Labute approximate surface area is 126 Å². The van der Waals surface area contributed by atoms with Crippen molar-refractivity contribution in [3.63, 3.8) is 0 Å². The number of hydrogen-bond donors (Lipinski definition) is 1. The van der Waals surface area contributed by atoms with Crippen molar-refractivity contribution in [1.29, 1.82) is 0 Å². The van der Waals surface area contributed by atoms with Crippen LogP contribution in [-0.2, 0) is 14.3 Å². The van der Waals surface area contributed by atoms with Gasteiger partial charge in [-0.1, -0.05) is 0 Å². The van der Waals surface area contributed by atoms with Gasteiger partial charge in [0.1, 0.15) is 17.2 Å². The van der Waals surface area contributed by atoms with E-state index in [0.717, 1.165) is 0 Å². The van der Waals surface area contributed by atoms with Crippen LogP contribution < -0.4 is 5.73 Å². The molecule has 0 aromatic rings. The van der Waals surface area contributed by atoms with Gasteiger partial charge in [-0.25, -0.2) is 9.59 Å². The van der Waals surface area contributed by atoms with Crippen LogP contribution in [-0.4, -0.2) is 47.3 Å². The molecule has 1 fully saturated rings. The number of ether oxygens (including phenoxy) is 2. The number of nitrogens with two attached hydrogens (primary N) is 1. The Morgan fingerprint density at radius 3 is 2.05 bits per heavy atom. The number of amides is 1. The van der Waals surface area contributed by atoms with E-state index in [4.69, 9.17) is 15.2 Å². The molecule has 2 N–H and O–H groups in total. The summed E-state index contributed by atoms with van der Waals surface area (Å²) in [4.78, 5) is 26.0. The van der Waals surface area contributed by atoms with Gasteiger partial charge in [0, 0.05) is 6.54 Å². The fraction of sp³-hybridized carbons (Fsp3) is 0.867. The normalized spacial score (nSPS) is 23.1. The Bertz CT molecular complexity index is 359. The Balaban J connectivity index is 2.83. The quantitative estimate of drug-likeness (QED) is 0.788.